The van der Waals surface area contributed by atoms with Gasteiger partial charge in [-0.2, -0.15) is 5.10 Å². The molecule has 144 valence electrons. The Morgan fingerprint density at radius 3 is 2.85 bits per heavy atom. The summed E-state index contributed by atoms with van der Waals surface area (Å²) in [7, 11) is 3.56. The number of rotatable bonds is 5. The monoisotopic (exact) mass is 408 g/mol. The molecule has 27 heavy (non-hydrogen) atoms. The molecule has 2 aromatic heterocycles. The molecule has 0 radical (unpaired) electrons. The van der Waals surface area contributed by atoms with E-state index in [2.05, 4.69) is 24.8 Å². The van der Waals surface area contributed by atoms with E-state index in [0.29, 0.717) is 29.1 Å². The van der Waals surface area contributed by atoms with E-state index in [4.69, 9.17) is 23.2 Å². The van der Waals surface area contributed by atoms with E-state index < -0.39 is 0 Å². The number of nitrogens with zero attached hydrogens (tertiary/aromatic N) is 2. The number of aromatic amines is 1. The predicted molar refractivity (Wildman–Crippen MR) is 109 cm³/mol. The molecule has 2 N–H and O–H groups in total. The Hall–Kier alpha value is -1.86. The van der Waals surface area contributed by atoms with Gasteiger partial charge in [-0.1, -0.05) is 29.3 Å². The van der Waals surface area contributed by atoms with Crippen molar-refractivity contribution in [3.63, 3.8) is 0 Å². The minimum Gasteiger partial charge on any atom is -0.384 e. The number of benzene rings is 1. The summed E-state index contributed by atoms with van der Waals surface area (Å²) in [6, 6.07) is 4.22. The number of hydrogen-bond acceptors (Lipinski definition) is 4. The molecule has 3 aromatic rings. The fourth-order valence-electron chi connectivity index (χ4n) is 3.53. The lowest BCUT2D eigenvalue weighted by Crippen LogP contribution is -2.13. The molecule has 1 aromatic carbocycles. The zero-order chi connectivity index (χ0) is 19.4. The Labute approximate surface area is 167 Å². The normalized spacial score (nSPS) is 15.5. The van der Waals surface area contributed by atoms with Crippen molar-refractivity contribution in [3.8, 4) is 11.1 Å². The van der Waals surface area contributed by atoms with E-state index in [0.717, 1.165) is 35.7 Å². The summed E-state index contributed by atoms with van der Waals surface area (Å²) < 4.78 is 6.84. The van der Waals surface area contributed by atoms with Crippen LogP contribution in [0.3, 0.4) is 0 Å². The Morgan fingerprint density at radius 1 is 1.44 bits per heavy atom. The number of fused-ring (bicyclic) bond motifs is 3. The van der Waals surface area contributed by atoms with Gasteiger partial charge < -0.3 is 19.4 Å². The van der Waals surface area contributed by atoms with Crippen molar-refractivity contribution in [1.29, 1.82) is 0 Å². The smallest absolute Gasteiger partial charge is 0.122 e. The number of carbonyl (C=O) groups is 1. The molecule has 0 fully saturated rings. The molecule has 0 amide bonds. The first-order valence-electron chi connectivity index (χ1n) is 8.73. The molecule has 1 atom stereocenters. The third kappa shape index (κ3) is 3.75. The summed E-state index contributed by atoms with van der Waals surface area (Å²) in [5, 5.41) is 12.7. The third-order valence-corrected chi connectivity index (χ3v) is 5.50. The Bertz CT molecular complexity index is 922. The minimum atomic E-state index is 0.317. The highest BCUT2D eigenvalue weighted by Gasteiger charge is 2.30. The number of aldehydes is 1. The van der Waals surface area contributed by atoms with Crippen molar-refractivity contribution in [2.45, 2.75) is 25.4 Å². The summed E-state index contributed by atoms with van der Waals surface area (Å²) in [4.78, 5) is 9.48. The average Bonchev–Trinajstić information content (AvgIpc) is 3.39. The summed E-state index contributed by atoms with van der Waals surface area (Å²) in [5.74, 6) is 0. The van der Waals surface area contributed by atoms with Gasteiger partial charge in [-0.15, -0.1) is 0 Å². The van der Waals surface area contributed by atoms with Crippen molar-refractivity contribution in [2.24, 2.45) is 0 Å². The van der Waals surface area contributed by atoms with Crippen LogP contribution in [0.1, 0.15) is 24.6 Å². The van der Waals surface area contributed by atoms with Crippen molar-refractivity contribution >= 4 is 40.4 Å². The number of hydrogen-bond donors (Lipinski definition) is 2. The fraction of sp³-hybridized carbons (Fsp3) is 0.368. The van der Waals surface area contributed by atoms with Crippen LogP contribution in [-0.2, 0) is 16.1 Å². The first kappa shape index (κ1) is 19.9. The number of carbonyl (C=O) groups excluding carboxylic acids is 1. The minimum absolute atomic E-state index is 0.317. The Morgan fingerprint density at radius 2 is 2.26 bits per heavy atom. The van der Waals surface area contributed by atoms with Gasteiger partial charge in [-0.3, -0.25) is 5.10 Å². The van der Waals surface area contributed by atoms with Crippen LogP contribution in [0.2, 0.25) is 10.0 Å². The summed E-state index contributed by atoms with van der Waals surface area (Å²) in [6.07, 6.45) is 6.17. The summed E-state index contributed by atoms with van der Waals surface area (Å²) >= 11 is 12.7. The highest BCUT2D eigenvalue weighted by molar-refractivity contribution is 6.45. The molecule has 6 nitrogen and oxygen atoms in total. The van der Waals surface area contributed by atoms with Gasteiger partial charge in [0.2, 0.25) is 0 Å². The van der Waals surface area contributed by atoms with Gasteiger partial charge in [0, 0.05) is 54.5 Å². The lowest BCUT2D eigenvalue weighted by Gasteiger charge is -2.10. The lowest BCUT2D eigenvalue weighted by molar-refractivity contribution is -0.108. The molecule has 8 heteroatoms. The van der Waals surface area contributed by atoms with Crippen molar-refractivity contribution < 1.29 is 9.53 Å². The summed E-state index contributed by atoms with van der Waals surface area (Å²) in [5.41, 5.74) is 4.55. The van der Waals surface area contributed by atoms with Gasteiger partial charge in [0.05, 0.1) is 28.4 Å². The van der Waals surface area contributed by atoms with Crippen LogP contribution >= 0.6 is 23.2 Å². The van der Waals surface area contributed by atoms with E-state index in [-0.39, 0.29) is 0 Å². The molecular formula is C19H22Cl2N4O2. The topological polar surface area (TPSA) is 71.9 Å². The van der Waals surface area contributed by atoms with Crippen LogP contribution in [0.5, 0.6) is 0 Å². The van der Waals surface area contributed by atoms with Crippen molar-refractivity contribution in [1.82, 2.24) is 20.1 Å². The molecule has 3 heterocycles. The molecule has 0 saturated carbocycles. The largest absolute Gasteiger partial charge is 0.384 e. The van der Waals surface area contributed by atoms with Gasteiger partial charge in [0.25, 0.3) is 0 Å². The SMILES string of the molecule is CNC1CCn2c1c(-c1cn[nH]c1)c1ccc(Cl)c(Cl)c12.COCCC=O. The first-order chi connectivity index (χ1) is 13.1. The maximum atomic E-state index is 9.48. The molecule has 0 aliphatic carbocycles. The van der Waals surface area contributed by atoms with Crippen LogP contribution in [0.15, 0.2) is 24.5 Å². The number of halogens is 2. The van der Waals surface area contributed by atoms with Gasteiger partial charge in [0.15, 0.2) is 0 Å². The molecule has 0 spiro atoms. The number of H-pyrrole nitrogens is 1. The van der Waals surface area contributed by atoms with Gasteiger partial charge in [0.1, 0.15) is 6.29 Å². The quantitative estimate of drug-likeness (QED) is 0.489. The third-order valence-electron chi connectivity index (χ3n) is 4.70. The maximum Gasteiger partial charge on any atom is 0.122 e. The second kappa shape index (κ2) is 8.89. The lowest BCUT2D eigenvalue weighted by atomic mass is 10.0. The molecular weight excluding hydrogens is 387 g/mol. The molecule has 1 aliphatic rings. The number of methoxy groups -OCH3 is 1. The van der Waals surface area contributed by atoms with E-state index in [1.165, 1.54) is 11.3 Å². The molecule has 0 bridgehead atoms. The predicted octanol–water partition coefficient (Wildman–Crippen LogP) is 4.22. The van der Waals surface area contributed by atoms with Gasteiger partial charge >= 0.3 is 0 Å². The van der Waals surface area contributed by atoms with Crippen LogP contribution in [0.25, 0.3) is 22.0 Å². The number of aryl methyl sites for hydroxylation is 1. The zero-order valence-corrected chi connectivity index (χ0v) is 16.8. The van der Waals surface area contributed by atoms with Crippen LogP contribution in [-0.4, -0.2) is 41.8 Å². The van der Waals surface area contributed by atoms with Crippen LogP contribution < -0.4 is 5.32 Å². The second-order valence-electron chi connectivity index (χ2n) is 6.23. The van der Waals surface area contributed by atoms with Crippen molar-refractivity contribution in [2.75, 3.05) is 20.8 Å². The highest BCUT2D eigenvalue weighted by Crippen LogP contribution is 2.45. The molecule has 0 saturated heterocycles. The van der Waals surface area contributed by atoms with E-state index >= 15 is 0 Å². The van der Waals surface area contributed by atoms with Gasteiger partial charge in [-0.25, -0.2) is 0 Å². The fourth-order valence-corrected chi connectivity index (χ4v) is 3.95. The second-order valence-corrected chi connectivity index (χ2v) is 7.02. The number of ether oxygens (including phenoxy) is 1. The van der Waals surface area contributed by atoms with E-state index in [1.54, 1.807) is 7.11 Å². The highest BCUT2D eigenvalue weighted by atomic mass is 35.5. The molecule has 1 unspecified atom stereocenters. The Balaban J connectivity index is 0.000000307. The van der Waals surface area contributed by atoms with Crippen molar-refractivity contribution in [3.05, 3.63) is 40.3 Å². The molecule has 1 aliphatic heterocycles. The van der Waals surface area contributed by atoms with Crippen LogP contribution in [0, 0.1) is 0 Å². The standard InChI is InChI=1S/C15H14Cl2N4.C4H8O2/c1-18-11-4-5-21-14-9(2-3-10(16)13(14)17)12(15(11)21)8-6-19-20-7-8;1-6-4-2-3-5/h2-3,6-7,11,18H,4-5H2,1H3,(H,19,20);3H,2,4H2,1H3. The average molecular weight is 409 g/mol. The maximum absolute atomic E-state index is 9.48. The van der Waals surface area contributed by atoms with E-state index in [1.807, 2.05) is 31.6 Å². The van der Waals surface area contributed by atoms with Crippen LogP contribution in [0.4, 0.5) is 0 Å². The first-order valence-corrected chi connectivity index (χ1v) is 9.48. The number of nitrogens with one attached hydrogen (secondary N) is 2. The Kier molecular flexibility index (Phi) is 6.55. The molecule has 4 rings (SSSR count). The zero-order valence-electron chi connectivity index (χ0n) is 15.3. The summed E-state index contributed by atoms with van der Waals surface area (Å²) in [6.45, 7) is 1.48. The van der Waals surface area contributed by atoms with E-state index in [9.17, 15) is 4.79 Å². The number of aromatic nitrogens is 3. The van der Waals surface area contributed by atoms with Gasteiger partial charge in [-0.05, 0) is 19.5 Å².